The van der Waals surface area contributed by atoms with Gasteiger partial charge in [0.1, 0.15) is 17.5 Å². The summed E-state index contributed by atoms with van der Waals surface area (Å²) in [7, 11) is 1.35. The van der Waals surface area contributed by atoms with E-state index in [1.165, 1.54) is 7.11 Å². The van der Waals surface area contributed by atoms with E-state index in [1.54, 1.807) is 23.1 Å². The SMILES string of the molecule is COC(=O)c1ccc(OC2CCN(C(=O)OC(C)(C)C)C2)c(I)c1. The molecule has 6 nitrogen and oxygen atoms in total. The monoisotopic (exact) mass is 447 g/mol. The molecule has 1 aromatic rings. The number of carbonyl (C=O) groups excluding carboxylic acids is 2. The first-order valence-corrected chi connectivity index (χ1v) is 8.80. The standard InChI is InChI=1S/C17H22INO5/c1-17(2,3)24-16(21)19-8-7-12(10-19)23-14-6-5-11(9-13(14)18)15(20)22-4/h5-6,9,12H,7-8,10H2,1-4H3. The summed E-state index contributed by atoms with van der Waals surface area (Å²) in [5.74, 6) is 0.315. The summed E-state index contributed by atoms with van der Waals surface area (Å²) in [5, 5.41) is 0. The van der Waals surface area contributed by atoms with E-state index in [0.29, 0.717) is 24.4 Å². The van der Waals surface area contributed by atoms with Crippen molar-refractivity contribution in [3.05, 3.63) is 27.3 Å². The van der Waals surface area contributed by atoms with E-state index >= 15 is 0 Å². The van der Waals surface area contributed by atoms with Gasteiger partial charge in [0.2, 0.25) is 0 Å². The fourth-order valence-corrected chi connectivity index (χ4v) is 2.98. The third-order valence-corrected chi connectivity index (χ3v) is 4.29. The molecule has 2 rings (SSSR count). The van der Waals surface area contributed by atoms with Crippen molar-refractivity contribution in [3.63, 3.8) is 0 Å². The molecule has 1 unspecified atom stereocenters. The van der Waals surface area contributed by atoms with Crippen molar-refractivity contribution in [2.75, 3.05) is 20.2 Å². The lowest BCUT2D eigenvalue weighted by atomic mass is 10.2. The number of methoxy groups -OCH3 is 1. The minimum atomic E-state index is -0.505. The fourth-order valence-electron chi connectivity index (χ4n) is 2.34. The van der Waals surface area contributed by atoms with E-state index in [4.69, 9.17) is 14.2 Å². The molecule has 1 aliphatic heterocycles. The predicted octanol–water partition coefficient (Wildman–Crippen LogP) is 3.47. The Morgan fingerprint density at radius 1 is 1.29 bits per heavy atom. The number of carbonyl (C=O) groups is 2. The Bertz CT molecular complexity index is 626. The van der Waals surface area contributed by atoms with Crippen LogP contribution in [0.5, 0.6) is 5.75 Å². The Balaban J connectivity index is 1.96. The molecule has 0 aromatic heterocycles. The first-order chi connectivity index (χ1) is 11.2. The van der Waals surface area contributed by atoms with E-state index in [2.05, 4.69) is 22.6 Å². The average molecular weight is 447 g/mol. The van der Waals surface area contributed by atoms with Crippen LogP contribution in [0.15, 0.2) is 18.2 Å². The molecule has 1 amide bonds. The van der Waals surface area contributed by atoms with Gasteiger partial charge in [-0.25, -0.2) is 9.59 Å². The lowest BCUT2D eigenvalue weighted by molar-refractivity contribution is 0.0275. The highest BCUT2D eigenvalue weighted by Gasteiger charge is 2.31. The number of amides is 1. The van der Waals surface area contributed by atoms with Crippen LogP contribution in [0.3, 0.4) is 0 Å². The quantitative estimate of drug-likeness (QED) is 0.525. The molecule has 1 aliphatic rings. The minimum Gasteiger partial charge on any atom is -0.487 e. The van der Waals surface area contributed by atoms with Crippen molar-refractivity contribution in [2.45, 2.75) is 38.9 Å². The zero-order chi connectivity index (χ0) is 17.9. The smallest absolute Gasteiger partial charge is 0.410 e. The van der Waals surface area contributed by atoms with Crippen molar-refractivity contribution >= 4 is 34.7 Å². The number of hydrogen-bond donors (Lipinski definition) is 0. The van der Waals surface area contributed by atoms with Crippen LogP contribution in [0.25, 0.3) is 0 Å². The second kappa shape index (κ2) is 7.58. The summed E-state index contributed by atoms with van der Waals surface area (Å²) in [6, 6.07) is 5.15. The Kier molecular flexibility index (Phi) is 5.95. The normalized spacial score (nSPS) is 17.5. The van der Waals surface area contributed by atoms with Gasteiger partial charge in [0.25, 0.3) is 0 Å². The zero-order valence-electron chi connectivity index (χ0n) is 14.3. The highest BCUT2D eigenvalue weighted by Crippen LogP contribution is 2.26. The molecule has 0 N–H and O–H groups in total. The van der Waals surface area contributed by atoms with Crippen LogP contribution in [0, 0.1) is 3.57 Å². The molecule has 0 bridgehead atoms. The summed E-state index contributed by atoms with van der Waals surface area (Å²) < 4.78 is 16.9. The average Bonchev–Trinajstić information content (AvgIpc) is 2.95. The maximum absolute atomic E-state index is 12.1. The van der Waals surface area contributed by atoms with E-state index < -0.39 is 5.60 Å². The van der Waals surface area contributed by atoms with E-state index in [9.17, 15) is 9.59 Å². The lowest BCUT2D eigenvalue weighted by Crippen LogP contribution is -2.36. The lowest BCUT2D eigenvalue weighted by Gasteiger charge is -2.24. The number of rotatable bonds is 3. The summed E-state index contributed by atoms with van der Waals surface area (Å²) in [6.45, 7) is 6.64. The summed E-state index contributed by atoms with van der Waals surface area (Å²) in [4.78, 5) is 25.3. The maximum atomic E-state index is 12.1. The van der Waals surface area contributed by atoms with E-state index in [1.807, 2.05) is 20.8 Å². The zero-order valence-corrected chi connectivity index (χ0v) is 16.5. The molecular formula is C17H22INO5. The third-order valence-electron chi connectivity index (χ3n) is 3.44. The van der Waals surface area contributed by atoms with Gasteiger partial charge < -0.3 is 19.1 Å². The Morgan fingerprint density at radius 2 is 2.00 bits per heavy atom. The van der Waals surface area contributed by atoms with Gasteiger partial charge in [0.05, 0.1) is 22.8 Å². The Labute approximate surface area is 155 Å². The molecular weight excluding hydrogens is 425 g/mol. The Morgan fingerprint density at radius 3 is 2.58 bits per heavy atom. The van der Waals surface area contributed by atoms with Crippen molar-refractivity contribution in [3.8, 4) is 5.75 Å². The molecule has 0 aliphatic carbocycles. The fraction of sp³-hybridized carbons (Fsp3) is 0.529. The van der Waals surface area contributed by atoms with Gasteiger partial charge >= 0.3 is 12.1 Å². The van der Waals surface area contributed by atoms with Gasteiger partial charge in [0, 0.05) is 13.0 Å². The Hall–Kier alpha value is -1.51. The van der Waals surface area contributed by atoms with Crippen LogP contribution in [-0.2, 0) is 9.47 Å². The highest BCUT2D eigenvalue weighted by molar-refractivity contribution is 14.1. The second-order valence-electron chi connectivity index (χ2n) is 6.59. The van der Waals surface area contributed by atoms with Crippen LogP contribution in [0.4, 0.5) is 4.79 Å². The number of ether oxygens (including phenoxy) is 3. The predicted molar refractivity (Wildman–Crippen MR) is 97.3 cm³/mol. The number of likely N-dealkylation sites (tertiary alicyclic amines) is 1. The van der Waals surface area contributed by atoms with Gasteiger partial charge in [-0.1, -0.05) is 0 Å². The van der Waals surface area contributed by atoms with Gasteiger partial charge in [-0.3, -0.25) is 0 Å². The van der Waals surface area contributed by atoms with Crippen LogP contribution >= 0.6 is 22.6 Å². The van der Waals surface area contributed by atoms with Crippen LogP contribution < -0.4 is 4.74 Å². The molecule has 1 fully saturated rings. The molecule has 0 spiro atoms. The van der Waals surface area contributed by atoms with Crippen molar-refractivity contribution < 1.29 is 23.8 Å². The highest BCUT2D eigenvalue weighted by atomic mass is 127. The molecule has 1 saturated heterocycles. The van der Waals surface area contributed by atoms with Crippen molar-refractivity contribution in [1.82, 2.24) is 4.90 Å². The van der Waals surface area contributed by atoms with E-state index in [-0.39, 0.29) is 18.2 Å². The van der Waals surface area contributed by atoms with Gasteiger partial charge in [-0.2, -0.15) is 0 Å². The molecule has 24 heavy (non-hydrogen) atoms. The molecule has 0 saturated carbocycles. The molecule has 0 radical (unpaired) electrons. The number of hydrogen-bond acceptors (Lipinski definition) is 5. The summed E-state index contributed by atoms with van der Waals surface area (Å²) in [5.41, 5.74) is -0.0224. The van der Waals surface area contributed by atoms with Gasteiger partial charge in [-0.15, -0.1) is 0 Å². The molecule has 132 valence electrons. The first-order valence-electron chi connectivity index (χ1n) is 7.72. The maximum Gasteiger partial charge on any atom is 0.410 e. The number of esters is 1. The molecule has 1 heterocycles. The van der Waals surface area contributed by atoms with Crippen LogP contribution in [0.1, 0.15) is 37.6 Å². The van der Waals surface area contributed by atoms with Crippen molar-refractivity contribution in [2.24, 2.45) is 0 Å². The van der Waals surface area contributed by atoms with Gasteiger partial charge in [0.15, 0.2) is 0 Å². The minimum absolute atomic E-state index is 0.0880. The first kappa shape index (κ1) is 18.8. The van der Waals surface area contributed by atoms with Crippen molar-refractivity contribution in [1.29, 1.82) is 0 Å². The summed E-state index contributed by atoms with van der Waals surface area (Å²) in [6.07, 6.45) is 0.341. The number of halogens is 1. The molecule has 7 heteroatoms. The topological polar surface area (TPSA) is 65.1 Å². The number of benzene rings is 1. The summed E-state index contributed by atoms with van der Waals surface area (Å²) >= 11 is 2.12. The van der Waals surface area contributed by atoms with E-state index in [0.717, 1.165) is 9.99 Å². The van der Waals surface area contributed by atoms with Crippen LogP contribution in [-0.4, -0.2) is 48.9 Å². The second-order valence-corrected chi connectivity index (χ2v) is 7.75. The van der Waals surface area contributed by atoms with Crippen LogP contribution in [0.2, 0.25) is 0 Å². The number of nitrogens with zero attached hydrogens (tertiary/aromatic N) is 1. The third kappa shape index (κ3) is 4.99. The largest absolute Gasteiger partial charge is 0.487 e. The molecule has 1 atom stereocenters. The van der Waals surface area contributed by atoms with Gasteiger partial charge in [-0.05, 0) is 61.6 Å². The molecule has 1 aromatic carbocycles.